The monoisotopic (exact) mass is 390 g/mol. The maximum Gasteiger partial charge on any atom is 0.252 e. The van der Waals surface area contributed by atoms with E-state index < -0.39 is 0 Å². The van der Waals surface area contributed by atoms with Crippen LogP contribution in [0, 0.1) is 0 Å². The summed E-state index contributed by atoms with van der Waals surface area (Å²) in [6.07, 6.45) is 2.84. The van der Waals surface area contributed by atoms with Crippen molar-refractivity contribution < 1.29 is 19.1 Å². The maximum atomic E-state index is 12.2. The number of benzene rings is 1. The summed E-state index contributed by atoms with van der Waals surface area (Å²) in [5, 5.41) is 9.34. The first kappa shape index (κ1) is 20.8. The molecule has 0 unspecified atom stereocenters. The summed E-state index contributed by atoms with van der Waals surface area (Å²) in [6, 6.07) is 7.12. The van der Waals surface area contributed by atoms with Crippen LogP contribution in [-0.4, -0.2) is 32.1 Å². The molecule has 0 aliphatic carbocycles. The lowest BCUT2D eigenvalue weighted by Gasteiger charge is -2.14. The second kappa shape index (κ2) is 11.2. The van der Waals surface area contributed by atoms with Crippen LogP contribution in [0.3, 0.4) is 0 Å². The Morgan fingerprint density at radius 2 is 2.04 bits per heavy atom. The molecule has 1 heterocycles. The number of unbranched alkanes of at least 4 members (excludes halogenated alkanes) is 1. The molecule has 0 spiro atoms. The largest absolute Gasteiger partial charge is 0.497 e. The Hall–Kier alpha value is -2.54. The fourth-order valence-corrected chi connectivity index (χ4v) is 2.98. The van der Waals surface area contributed by atoms with E-state index >= 15 is 0 Å². The van der Waals surface area contributed by atoms with Gasteiger partial charge < -0.3 is 20.1 Å². The maximum absolute atomic E-state index is 12.2. The number of methoxy groups -OCH3 is 1. The van der Waals surface area contributed by atoms with Crippen LogP contribution in [0.4, 0.5) is 5.69 Å². The number of carbonyl (C=O) groups excluding carboxylic acids is 2. The normalized spacial score (nSPS) is 10.3. The molecule has 7 heteroatoms. The summed E-state index contributed by atoms with van der Waals surface area (Å²) < 4.78 is 11.0. The first-order valence-corrected chi connectivity index (χ1v) is 9.99. The van der Waals surface area contributed by atoms with Crippen molar-refractivity contribution in [2.24, 2.45) is 0 Å². The minimum Gasteiger partial charge on any atom is -0.497 e. The molecule has 0 saturated carbocycles. The lowest BCUT2D eigenvalue weighted by Crippen LogP contribution is -2.25. The predicted octanol–water partition coefficient (Wildman–Crippen LogP) is 4.08. The minimum absolute atomic E-state index is 0.115. The Kier molecular flexibility index (Phi) is 8.64. The Balaban J connectivity index is 1.82. The van der Waals surface area contributed by atoms with Gasteiger partial charge in [0.25, 0.3) is 5.91 Å². The van der Waals surface area contributed by atoms with Crippen molar-refractivity contribution in [1.82, 2.24) is 5.32 Å². The number of thiophene rings is 1. The van der Waals surface area contributed by atoms with E-state index in [1.54, 1.807) is 36.8 Å². The van der Waals surface area contributed by atoms with Gasteiger partial charge in [-0.1, -0.05) is 13.3 Å². The summed E-state index contributed by atoms with van der Waals surface area (Å²) in [5.74, 6) is 1.03. The van der Waals surface area contributed by atoms with E-state index in [9.17, 15) is 9.59 Å². The van der Waals surface area contributed by atoms with Crippen LogP contribution in [0.25, 0.3) is 0 Å². The third-order valence-corrected chi connectivity index (χ3v) is 4.55. The van der Waals surface area contributed by atoms with Gasteiger partial charge in [0.15, 0.2) is 0 Å². The summed E-state index contributed by atoms with van der Waals surface area (Å²) in [5.41, 5.74) is 1.24. The summed E-state index contributed by atoms with van der Waals surface area (Å²) >= 11 is 1.48. The van der Waals surface area contributed by atoms with E-state index in [2.05, 4.69) is 17.6 Å². The molecule has 0 aliphatic heterocycles. The zero-order valence-electron chi connectivity index (χ0n) is 15.7. The van der Waals surface area contributed by atoms with E-state index in [0.29, 0.717) is 48.7 Å². The van der Waals surface area contributed by atoms with E-state index in [4.69, 9.17) is 9.47 Å². The molecule has 0 aliphatic rings. The molecule has 2 N–H and O–H groups in total. The van der Waals surface area contributed by atoms with Crippen LogP contribution in [0.5, 0.6) is 11.5 Å². The molecule has 1 aromatic carbocycles. The average Bonchev–Trinajstić information content (AvgIpc) is 3.21. The number of ether oxygens (including phenoxy) is 2. The molecule has 2 aromatic rings. The number of anilines is 1. The van der Waals surface area contributed by atoms with Crippen molar-refractivity contribution in [3.8, 4) is 11.5 Å². The number of amides is 2. The van der Waals surface area contributed by atoms with E-state index in [-0.39, 0.29) is 11.8 Å². The van der Waals surface area contributed by atoms with Gasteiger partial charge in [-0.3, -0.25) is 9.59 Å². The highest BCUT2D eigenvalue weighted by Crippen LogP contribution is 2.29. The van der Waals surface area contributed by atoms with Gasteiger partial charge >= 0.3 is 0 Å². The fourth-order valence-electron chi connectivity index (χ4n) is 2.35. The molecule has 0 saturated heterocycles. The van der Waals surface area contributed by atoms with E-state index in [0.717, 1.165) is 12.8 Å². The molecule has 2 rings (SSSR count). The summed E-state index contributed by atoms with van der Waals surface area (Å²) in [7, 11) is 1.58. The van der Waals surface area contributed by atoms with Crippen molar-refractivity contribution in [1.29, 1.82) is 0 Å². The van der Waals surface area contributed by atoms with E-state index in [1.165, 1.54) is 11.3 Å². The highest BCUT2D eigenvalue weighted by Gasteiger charge is 2.10. The zero-order valence-corrected chi connectivity index (χ0v) is 16.6. The van der Waals surface area contributed by atoms with Crippen LogP contribution in [0.15, 0.2) is 35.0 Å². The number of nitrogens with one attached hydrogen (secondary N) is 2. The SMILES string of the molecule is CCCCOc1ccc(OC)cc1NC(=O)CCCNC(=O)c1ccsc1. The van der Waals surface area contributed by atoms with Crippen molar-refractivity contribution in [2.75, 3.05) is 25.6 Å². The molecule has 0 bridgehead atoms. The number of hydrogen-bond acceptors (Lipinski definition) is 5. The lowest BCUT2D eigenvalue weighted by molar-refractivity contribution is -0.116. The average molecular weight is 391 g/mol. The van der Waals surface area contributed by atoms with Gasteiger partial charge in [-0.15, -0.1) is 0 Å². The lowest BCUT2D eigenvalue weighted by atomic mass is 10.2. The molecular formula is C20H26N2O4S. The van der Waals surface area contributed by atoms with Gasteiger partial charge in [0.2, 0.25) is 5.91 Å². The van der Waals surface area contributed by atoms with Crippen molar-refractivity contribution in [2.45, 2.75) is 32.6 Å². The molecule has 2 amide bonds. The fraction of sp³-hybridized carbons (Fsp3) is 0.400. The summed E-state index contributed by atoms with van der Waals surface area (Å²) in [4.78, 5) is 24.1. The highest BCUT2D eigenvalue weighted by molar-refractivity contribution is 7.08. The number of carbonyl (C=O) groups is 2. The standard InChI is InChI=1S/C20H26N2O4S/c1-3-4-11-26-18-8-7-16(25-2)13-17(18)22-19(23)6-5-10-21-20(24)15-9-12-27-14-15/h7-9,12-14H,3-6,10-11H2,1-2H3,(H,21,24)(H,22,23). The van der Waals surface area contributed by atoms with Gasteiger partial charge in [0.1, 0.15) is 11.5 Å². The number of hydrogen-bond donors (Lipinski definition) is 2. The Morgan fingerprint density at radius 1 is 1.19 bits per heavy atom. The molecule has 27 heavy (non-hydrogen) atoms. The number of rotatable bonds is 11. The molecule has 0 fully saturated rings. The molecule has 146 valence electrons. The first-order valence-electron chi connectivity index (χ1n) is 9.05. The minimum atomic E-state index is -0.131. The predicted molar refractivity (Wildman–Crippen MR) is 108 cm³/mol. The smallest absolute Gasteiger partial charge is 0.252 e. The molecule has 1 aromatic heterocycles. The molecular weight excluding hydrogens is 364 g/mol. The molecule has 0 radical (unpaired) electrons. The van der Waals surface area contributed by atoms with Gasteiger partial charge in [0, 0.05) is 30.0 Å². The Morgan fingerprint density at radius 3 is 2.74 bits per heavy atom. The van der Waals surface area contributed by atoms with Gasteiger partial charge in [-0.05, 0) is 36.4 Å². The Labute approximate surface area is 163 Å². The van der Waals surface area contributed by atoms with Crippen LogP contribution >= 0.6 is 11.3 Å². The van der Waals surface area contributed by atoms with Crippen molar-refractivity contribution >= 4 is 28.8 Å². The zero-order chi connectivity index (χ0) is 19.5. The highest BCUT2D eigenvalue weighted by atomic mass is 32.1. The molecule has 6 nitrogen and oxygen atoms in total. The van der Waals surface area contributed by atoms with Crippen LogP contribution in [-0.2, 0) is 4.79 Å². The van der Waals surface area contributed by atoms with E-state index in [1.807, 2.05) is 5.38 Å². The second-order valence-electron chi connectivity index (χ2n) is 5.98. The van der Waals surface area contributed by atoms with Gasteiger partial charge in [-0.2, -0.15) is 11.3 Å². The van der Waals surface area contributed by atoms with Crippen LogP contribution in [0.2, 0.25) is 0 Å². The van der Waals surface area contributed by atoms with Crippen LogP contribution < -0.4 is 20.1 Å². The molecule has 0 atom stereocenters. The Bertz CT molecular complexity index is 732. The van der Waals surface area contributed by atoms with Crippen LogP contribution in [0.1, 0.15) is 43.0 Å². The van der Waals surface area contributed by atoms with Gasteiger partial charge in [0.05, 0.1) is 19.4 Å². The third kappa shape index (κ3) is 6.94. The van der Waals surface area contributed by atoms with Crippen molar-refractivity contribution in [3.63, 3.8) is 0 Å². The third-order valence-electron chi connectivity index (χ3n) is 3.87. The first-order chi connectivity index (χ1) is 13.1. The topological polar surface area (TPSA) is 76.7 Å². The van der Waals surface area contributed by atoms with Crippen molar-refractivity contribution in [3.05, 3.63) is 40.6 Å². The quantitative estimate of drug-likeness (QED) is 0.567. The summed E-state index contributed by atoms with van der Waals surface area (Å²) in [6.45, 7) is 3.14. The second-order valence-corrected chi connectivity index (χ2v) is 6.76. The van der Waals surface area contributed by atoms with Gasteiger partial charge in [-0.25, -0.2) is 0 Å².